The molecule has 3 heteroatoms. The third-order valence-corrected chi connectivity index (χ3v) is 2.88. The van der Waals surface area contributed by atoms with Crippen LogP contribution in [0, 0.1) is 0 Å². The topological polar surface area (TPSA) is 34.9 Å². The van der Waals surface area contributed by atoms with Crippen molar-refractivity contribution in [3.8, 4) is 0 Å². The van der Waals surface area contributed by atoms with Crippen molar-refractivity contribution in [2.24, 2.45) is 0 Å². The standard InChI is InChI=1S/C10H12O2.C6H4O/c1-2-4-9(5-3-1)6-11-7-10-8-12-10;1-2-6-4-3-5(1)7-6/h1-5,10H,6-8H2;1-4H. The maximum atomic E-state index is 5.42. The van der Waals surface area contributed by atoms with Crippen molar-refractivity contribution in [1.29, 1.82) is 0 Å². The predicted octanol–water partition coefficient (Wildman–Crippen LogP) is 3.47. The zero-order chi connectivity index (χ0) is 12.9. The molecule has 0 amide bonds. The summed E-state index contributed by atoms with van der Waals surface area (Å²) in [5.41, 5.74) is 3.16. The van der Waals surface area contributed by atoms with Gasteiger partial charge in [-0.15, -0.1) is 0 Å². The number of ether oxygens (including phenoxy) is 2. The van der Waals surface area contributed by atoms with E-state index in [0.29, 0.717) is 12.7 Å². The summed E-state index contributed by atoms with van der Waals surface area (Å²) in [4.78, 5) is 0. The summed E-state index contributed by atoms with van der Waals surface area (Å²) in [5.74, 6) is 0. The van der Waals surface area contributed by atoms with Gasteiger partial charge in [0.2, 0.25) is 0 Å². The molecule has 0 radical (unpaired) electrons. The fourth-order valence-corrected chi connectivity index (χ4v) is 1.76. The molecule has 0 N–H and O–H groups in total. The molecule has 4 rings (SSSR count). The summed E-state index contributed by atoms with van der Waals surface area (Å²) in [6.07, 6.45) is 0.369. The third-order valence-electron chi connectivity index (χ3n) is 2.88. The maximum absolute atomic E-state index is 5.42. The average Bonchev–Trinajstić information content (AvgIpc) is 3.02. The Hall–Kier alpha value is -1.84. The van der Waals surface area contributed by atoms with E-state index in [0.717, 1.165) is 24.4 Å². The highest BCUT2D eigenvalue weighted by Gasteiger charge is 2.21. The first kappa shape index (κ1) is 12.2. The number of fused-ring (bicyclic) bond motifs is 2. The Morgan fingerprint density at radius 3 is 2.05 bits per heavy atom. The van der Waals surface area contributed by atoms with Gasteiger partial charge < -0.3 is 13.9 Å². The van der Waals surface area contributed by atoms with E-state index in [1.807, 2.05) is 42.5 Å². The van der Waals surface area contributed by atoms with E-state index in [-0.39, 0.29) is 0 Å². The largest absolute Gasteiger partial charge is 0.457 e. The van der Waals surface area contributed by atoms with Crippen LogP contribution in [0.1, 0.15) is 5.56 Å². The van der Waals surface area contributed by atoms with E-state index in [4.69, 9.17) is 13.9 Å². The minimum atomic E-state index is 0.369. The molecule has 1 saturated heterocycles. The second kappa shape index (κ2) is 5.87. The summed E-state index contributed by atoms with van der Waals surface area (Å²) in [6.45, 7) is 2.30. The van der Waals surface area contributed by atoms with Crippen LogP contribution >= 0.6 is 0 Å². The summed E-state index contributed by atoms with van der Waals surface area (Å²) in [6, 6.07) is 18.0. The number of hydrogen-bond acceptors (Lipinski definition) is 3. The molecular formula is C16H16O3. The SMILES string of the molecule is c1cc2ccc1o2.c1ccc(COCC2CO2)cc1. The van der Waals surface area contributed by atoms with Crippen LogP contribution in [-0.2, 0) is 16.1 Å². The fraction of sp³-hybridized carbons (Fsp3) is 0.250. The molecule has 0 saturated carbocycles. The van der Waals surface area contributed by atoms with Gasteiger partial charge in [-0.1, -0.05) is 30.3 Å². The highest BCUT2D eigenvalue weighted by Crippen LogP contribution is 2.13. The van der Waals surface area contributed by atoms with Crippen LogP contribution in [0.4, 0.5) is 0 Å². The Labute approximate surface area is 112 Å². The van der Waals surface area contributed by atoms with Crippen molar-refractivity contribution in [2.75, 3.05) is 13.2 Å². The molecule has 1 aliphatic rings. The molecule has 2 aromatic heterocycles. The van der Waals surface area contributed by atoms with Gasteiger partial charge >= 0.3 is 0 Å². The lowest BCUT2D eigenvalue weighted by molar-refractivity contribution is 0.104. The number of epoxide rings is 1. The van der Waals surface area contributed by atoms with Crippen molar-refractivity contribution in [3.63, 3.8) is 0 Å². The van der Waals surface area contributed by atoms with Gasteiger partial charge in [0.25, 0.3) is 0 Å². The highest BCUT2D eigenvalue weighted by molar-refractivity contribution is 5.59. The van der Waals surface area contributed by atoms with Gasteiger partial charge in [0.05, 0.1) is 19.8 Å². The minimum Gasteiger partial charge on any atom is -0.457 e. The molecule has 1 aliphatic heterocycles. The molecular weight excluding hydrogens is 240 g/mol. The maximum Gasteiger partial charge on any atom is 0.127 e. The van der Waals surface area contributed by atoms with Crippen LogP contribution < -0.4 is 0 Å². The first-order chi connectivity index (χ1) is 9.40. The summed E-state index contributed by atoms with van der Waals surface area (Å²) in [5, 5.41) is 0. The van der Waals surface area contributed by atoms with E-state index < -0.39 is 0 Å². The van der Waals surface area contributed by atoms with Gasteiger partial charge in [-0.3, -0.25) is 0 Å². The second-order valence-electron chi connectivity index (χ2n) is 4.53. The number of furan rings is 2. The van der Waals surface area contributed by atoms with Crippen LogP contribution in [-0.4, -0.2) is 19.3 Å². The monoisotopic (exact) mass is 256 g/mol. The molecule has 2 bridgehead atoms. The Morgan fingerprint density at radius 2 is 1.58 bits per heavy atom. The van der Waals surface area contributed by atoms with Crippen molar-refractivity contribution in [1.82, 2.24) is 0 Å². The number of benzene rings is 2. The zero-order valence-electron chi connectivity index (χ0n) is 10.6. The van der Waals surface area contributed by atoms with Crippen LogP contribution in [0.3, 0.4) is 0 Å². The van der Waals surface area contributed by atoms with E-state index >= 15 is 0 Å². The lowest BCUT2D eigenvalue weighted by atomic mass is 10.2. The molecule has 3 aromatic rings. The molecule has 1 atom stereocenters. The molecule has 3 nitrogen and oxygen atoms in total. The van der Waals surface area contributed by atoms with Crippen molar-refractivity contribution in [2.45, 2.75) is 12.7 Å². The Bertz CT molecular complexity index is 538. The predicted molar refractivity (Wildman–Crippen MR) is 73.2 cm³/mol. The van der Waals surface area contributed by atoms with Gasteiger partial charge in [0.15, 0.2) is 0 Å². The molecule has 1 fully saturated rings. The lowest BCUT2D eigenvalue weighted by Crippen LogP contribution is -2.00. The molecule has 1 aromatic carbocycles. The van der Waals surface area contributed by atoms with Gasteiger partial charge in [0, 0.05) is 0 Å². The molecule has 19 heavy (non-hydrogen) atoms. The summed E-state index contributed by atoms with van der Waals surface area (Å²) >= 11 is 0. The van der Waals surface area contributed by atoms with Crippen LogP contribution in [0.15, 0.2) is 59.0 Å². The minimum absolute atomic E-state index is 0.369. The average molecular weight is 256 g/mol. The molecule has 0 aliphatic carbocycles. The van der Waals surface area contributed by atoms with E-state index in [1.165, 1.54) is 5.56 Å². The van der Waals surface area contributed by atoms with Crippen molar-refractivity contribution in [3.05, 3.63) is 60.2 Å². The summed E-state index contributed by atoms with van der Waals surface area (Å²) < 4.78 is 15.5. The normalized spacial score (nSPS) is 17.2. The van der Waals surface area contributed by atoms with Crippen molar-refractivity contribution >= 4 is 11.2 Å². The second-order valence-corrected chi connectivity index (χ2v) is 4.53. The molecule has 3 heterocycles. The highest BCUT2D eigenvalue weighted by atomic mass is 16.6. The van der Waals surface area contributed by atoms with E-state index in [2.05, 4.69) is 12.1 Å². The van der Waals surface area contributed by atoms with Crippen LogP contribution in [0.25, 0.3) is 11.2 Å². The first-order valence-electron chi connectivity index (χ1n) is 6.41. The quantitative estimate of drug-likeness (QED) is 0.670. The smallest absolute Gasteiger partial charge is 0.127 e. The zero-order valence-corrected chi connectivity index (χ0v) is 10.6. The fourth-order valence-electron chi connectivity index (χ4n) is 1.76. The molecule has 1 unspecified atom stereocenters. The van der Waals surface area contributed by atoms with E-state index in [1.54, 1.807) is 0 Å². The first-order valence-corrected chi connectivity index (χ1v) is 6.41. The van der Waals surface area contributed by atoms with Crippen molar-refractivity contribution < 1.29 is 13.9 Å². The summed E-state index contributed by atoms with van der Waals surface area (Å²) in [7, 11) is 0. The van der Waals surface area contributed by atoms with Gasteiger partial charge in [0.1, 0.15) is 17.3 Å². The Kier molecular flexibility index (Phi) is 3.77. The van der Waals surface area contributed by atoms with Gasteiger partial charge in [-0.2, -0.15) is 0 Å². The van der Waals surface area contributed by atoms with Gasteiger partial charge in [-0.25, -0.2) is 0 Å². The number of hydrogen-bond donors (Lipinski definition) is 0. The molecule has 0 spiro atoms. The van der Waals surface area contributed by atoms with E-state index in [9.17, 15) is 0 Å². The van der Waals surface area contributed by atoms with Crippen LogP contribution in [0.2, 0.25) is 0 Å². The lowest BCUT2D eigenvalue weighted by Gasteiger charge is -2.00. The van der Waals surface area contributed by atoms with Crippen LogP contribution in [0.5, 0.6) is 0 Å². The Morgan fingerprint density at radius 1 is 0.947 bits per heavy atom. The number of rotatable bonds is 4. The Balaban J connectivity index is 0.000000132. The third kappa shape index (κ3) is 3.81. The molecule has 98 valence electrons. The van der Waals surface area contributed by atoms with Gasteiger partial charge in [-0.05, 0) is 29.8 Å².